The standard InChI is InChI=1S/C14H8ClF2IN2O2/c1-6(21)12-10(17)2-7(16)3-11(12)20-14(22)9-4-8(18)5-19-13(9)15/h2-5H,1H3,(H,20,22). The van der Waals surface area contributed by atoms with E-state index in [4.69, 9.17) is 11.6 Å². The van der Waals surface area contributed by atoms with Gasteiger partial charge >= 0.3 is 0 Å². The first kappa shape index (κ1) is 16.8. The maximum atomic E-state index is 13.7. The number of ketones is 1. The summed E-state index contributed by atoms with van der Waals surface area (Å²) in [6, 6.07) is 2.91. The van der Waals surface area contributed by atoms with Crippen molar-refractivity contribution in [3.63, 3.8) is 0 Å². The second kappa shape index (κ2) is 6.66. The van der Waals surface area contributed by atoms with Gasteiger partial charge in [-0.3, -0.25) is 9.59 Å². The van der Waals surface area contributed by atoms with E-state index in [-0.39, 0.29) is 16.4 Å². The number of hydrogen-bond acceptors (Lipinski definition) is 3. The third-order valence-corrected chi connectivity index (χ3v) is 3.60. The summed E-state index contributed by atoms with van der Waals surface area (Å²) in [7, 11) is 0. The van der Waals surface area contributed by atoms with Crippen LogP contribution in [-0.2, 0) is 0 Å². The first-order valence-corrected chi connectivity index (χ1v) is 7.37. The highest BCUT2D eigenvalue weighted by molar-refractivity contribution is 14.1. The Kier molecular flexibility index (Phi) is 5.07. The molecule has 0 aliphatic heterocycles. The summed E-state index contributed by atoms with van der Waals surface area (Å²) in [6.45, 7) is 1.12. The third kappa shape index (κ3) is 3.58. The number of nitrogens with zero attached hydrogens (tertiary/aromatic N) is 1. The molecule has 2 aromatic rings. The normalized spacial score (nSPS) is 10.4. The lowest BCUT2D eigenvalue weighted by Crippen LogP contribution is -2.16. The Morgan fingerprint density at radius 3 is 2.59 bits per heavy atom. The van der Waals surface area contributed by atoms with E-state index in [0.717, 1.165) is 13.0 Å². The van der Waals surface area contributed by atoms with Crippen molar-refractivity contribution in [3.8, 4) is 0 Å². The molecule has 0 bridgehead atoms. The topological polar surface area (TPSA) is 59.1 Å². The average molecular weight is 437 g/mol. The SMILES string of the molecule is CC(=O)c1c(F)cc(F)cc1NC(=O)c1cc(I)cnc1Cl. The van der Waals surface area contributed by atoms with Gasteiger partial charge in [0.1, 0.15) is 16.8 Å². The molecule has 1 N–H and O–H groups in total. The molecule has 0 aliphatic rings. The Morgan fingerprint density at radius 2 is 1.95 bits per heavy atom. The molecule has 1 heterocycles. The minimum Gasteiger partial charge on any atom is -0.321 e. The fourth-order valence-electron chi connectivity index (χ4n) is 1.80. The zero-order chi connectivity index (χ0) is 16.4. The summed E-state index contributed by atoms with van der Waals surface area (Å²) < 4.78 is 27.7. The van der Waals surface area contributed by atoms with Crippen LogP contribution >= 0.6 is 34.2 Å². The predicted molar refractivity (Wildman–Crippen MR) is 86.3 cm³/mol. The second-order valence-electron chi connectivity index (χ2n) is 4.31. The molecule has 0 saturated carbocycles. The molecular formula is C14H8ClF2IN2O2. The highest BCUT2D eigenvalue weighted by atomic mass is 127. The summed E-state index contributed by atoms with van der Waals surface area (Å²) in [6.07, 6.45) is 1.46. The van der Waals surface area contributed by atoms with E-state index in [2.05, 4.69) is 10.3 Å². The number of nitrogens with one attached hydrogen (secondary N) is 1. The fraction of sp³-hybridized carbons (Fsp3) is 0.0714. The summed E-state index contributed by atoms with van der Waals surface area (Å²) in [5.74, 6) is -3.32. The molecule has 114 valence electrons. The van der Waals surface area contributed by atoms with Crippen LogP contribution in [0, 0.1) is 15.2 Å². The van der Waals surface area contributed by atoms with E-state index in [0.29, 0.717) is 9.64 Å². The maximum absolute atomic E-state index is 13.7. The lowest BCUT2D eigenvalue weighted by molar-refractivity contribution is 0.101. The van der Waals surface area contributed by atoms with E-state index in [1.807, 2.05) is 22.6 Å². The number of carbonyl (C=O) groups is 2. The van der Waals surface area contributed by atoms with Gasteiger partial charge in [0.25, 0.3) is 5.91 Å². The van der Waals surface area contributed by atoms with Crippen molar-refractivity contribution < 1.29 is 18.4 Å². The Bertz CT molecular complexity index is 784. The summed E-state index contributed by atoms with van der Waals surface area (Å²) in [4.78, 5) is 27.5. The molecule has 0 radical (unpaired) electrons. The number of rotatable bonds is 3. The fourth-order valence-corrected chi connectivity index (χ4v) is 2.44. The smallest absolute Gasteiger partial charge is 0.258 e. The van der Waals surface area contributed by atoms with Gasteiger partial charge in [-0.25, -0.2) is 13.8 Å². The molecule has 1 aromatic heterocycles. The molecule has 0 atom stereocenters. The molecule has 0 saturated heterocycles. The predicted octanol–water partition coefficient (Wildman–Crippen LogP) is 4.07. The second-order valence-corrected chi connectivity index (χ2v) is 5.92. The lowest BCUT2D eigenvalue weighted by Gasteiger charge is -2.11. The van der Waals surface area contributed by atoms with Gasteiger partial charge in [-0.15, -0.1) is 0 Å². The number of pyridine rings is 1. The van der Waals surface area contributed by atoms with E-state index in [1.54, 1.807) is 0 Å². The van der Waals surface area contributed by atoms with Crippen molar-refractivity contribution in [1.29, 1.82) is 0 Å². The van der Waals surface area contributed by atoms with Gasteiger partial charge in [0.2, 0.25) is 0 Å². The number of anilines is 1. The van der Waals surface area contributed by atoms with Crippen molar-refractivity contribution in [1.82, 2.24) is 4.98 Å². The van der Waals surface area contributed by atoms with Crippen LogP contribution in [0.1, 0.15) is 27.6 Å². The van der Waals surface area contributed by atoms with Gasteiger partial charge in [-0.2, -0.15) is 0 Å². The van der Waals surface area contributed by atoms with Crippen molar-refractivity contribution >= 4 is 51.6 Å². The first-order chi connectivity index (χ1) is 10.3. The number of amides is 1. The monoisotopic (exact) mass is 436 g/mol. The van der Waals surface area contributed by atoms with Crippen molar-refractivity contribution in [3.05, 3.63) is 55.9 Å². The Balaban J connectivity index is 2.44. The number of benzene rings is 1. The third-order valence-electron chi connectivity index (χ3n) is 2.71. The summed E-state index contributed by atoms with van der Waals surface area (Å²) in [5.41, 5.74) is -0.623. The summed E-state index contributed by atoms with van der Waals surface area (Å²) in [5, 5.41) is 2.23. The number of hydrogen-bond donors (Lipinski definition) is 1. The quantitative estimate of drug-likeness (QED) is 0.448. The van der Waals surface area contributed by atoms with Crippen LogP contribution in [0.15, 0.2) is 24.4 Å². The number of halogens is 4. The molecule has 4 nitrogen and oxygen atoms in total. The average Bonchev–Trinajstić information content (AvgIpc) is 2.40. The highest BCUT2D eigenvalue weighted by Gasteiger charge is 2.19. The van der Waals surface area contributed by atoms with Crippen LogP contribution in [0.3, 0.4) is 0 Å². The van der Waals surface area contributed by atoms with Crippen LogP contribution in [-0.4, -0.2) is 16.7 Å². The van der Waals surface area contributed by atoms with Crippen molar-refractivity contribution in [2.24, 2.45) is 0 Å². The van der Waals surface area contributed by atoms with Crippen LogP contribution in [0.4, 0.5) is 14.5 Å². The van der Waals surface area contributed by atoms with Crippen LogP contribution in [0.25, 0.3) is 0 Å². The van der Waals surface area contributed by atoms with Gasteiger partial charge in [-0.05, 0) is 41.6 Å². The molecule has 0 aliphatic carbocycles. The first-order valence-electron chi connectivity index (χ1n) is 5.92. The van der Waals surface area contributed by atoms with E-state index >= 15 is 0 Å². The van der Waals surface area contributed by atoms with Crippen molar-refractivity contribution in [2.45, 2.75) is 6.92 Å². The van der Waals surface area contributed by atoms with Gasteiger partial charge in [0.15, 0.2) is 5.78 Å². The number of Topliss-reactive ketones (excluding diaryl/α,β-unsaturated/α-hetero) is 1. The zero-order valence-corrected chi connectivity index (χ0v) is 14.0. The minimum atomic E-state index is -1.05. The molecule has 2 rings (SSSR count). The van der Waals surface area contributed by atoms with E-state index < -0.39 is 28.9 Å². The Hall–Kier alpha value is -1.61. The van der Waals surface area contributed by atoms with Crippen molar-refractivity contribution in [2.75, 3.05) is 5.32 Å². The van der Waals surface area contributed by atoms with Gasteiger partial charge in [0, 0.05) is 15.8 Å². The molecule has 0 fully saturated rings. The maximum Gasteiger partial charge on any atom is 0.258 e. The highest BCUT2D eigenvalue weighted by Crippen LogP contribution is 2.24. The molecule has 1 aromatic carbocycles. The van der Waals surface area contributed by atoms with Gasteiger partial charge < -0.3 is 5.32 Å². The van der Waals surface area contributed by atoms with E-state index in [9.17, 15) is 18.4 Å². The van der Waals surface area contributed by atoms with E-state index in [1.165, 1.54) is 12.3 Å². The van der Waals surface area contributed by atoms with Gasteiger partial charge in [-0.1, -0.05) is 11.6 Å². The van der Waals surface area contributed by atoms with Gasteiger partial charge in [0.05, 0.1) is 16.8 Å². The lowest BCUT2D eigenvalue weighted by atomic mass is 10.1. The molecule has 0 spiro atoms. The molecular weight excluding hydrogens is 429 g/mol. The zero-order valence-electron chi connectivity index (χ0n) is 11.1. The Labute approximate surface area is 143 Å². The van der Waals surface area contributed by atoms with Crippen LogP contribution < -0.4 is 5.32 Å². The largest absolute Gasteiger partial charge is 0.321 e. The summed E-state index contributed by atoms with van der Waals surface area (Å²) >= 11 is 7.77. The number of aromatic nitrogens is 1. The molecule has 1 amide bonds. The molecule has 8 heteroatoms. The van der Waals surface area contributed by atoms with Crippen LogP contribution in [0.2, 0.25) is 5.15 Å². The minimum absolute atomic E-state index is 0.0349. The Morgan fingerprint density at radius 1 is 1.27 bits per heavy atom. The number of carbonyl (C=O) groups excluding carboxylic acids is 2. The molecule has 22 heavy (non-hydrogen) atoms. The molecule has 0 unspecified atom stereocenters. The van der Waals surface area contributed by atoms with Crippen LogP contribution in [0.5, 0.6) is 0 Å².